The number of amides is 3. The third-order valence-electron chi connectivity index (χ3n) is 4.56. The number of hydrogen-bond acceptors (Lipinski definition) is 6. The van der Waals surface area contributed by atoms with Gasteiger partial charge in [-0.25, -0.2) is 4.79 Å². The number of aryl methyl sites for hydroxylation is 1. The first-order valence-electron chi connectivity index (χ1n) is 9.86. The van der Waals surface area contributed by atoms with Gasteiger partial charge in [0.25, 0.3) is 5.91 Å². The van der Waals surface area contributed by atoms with Gasteiger partial charge in [0.2, 0.25) is 5.13 Å². The van der Waals surface area contributed by atoms with Gasteiger partial charge < -0.3 is 15.7 Å². The molecule has 4 N–H and O–H groups in total. The van der Waals surface area contributed by atoms with Gasteiger partial charge in [0, 0.05) is 22.0 Å². The molecule has 0 fully saturated rings. The highest BCUT2D eigenvalue weighted by Crippen LogP contribution is 2.39. The Balaban J connectivity index is 1.42. The number of hydrogen-bond donors (Lipinski definition) is 4. The summed E-state index contributed by atoms with van der Waals surface area (Å²) in [5.41, 5.74) is 2.80. The second kappa shape index (κ2) is 10.1. The summed E-state index contributed by atoms with van der Waals surface area (Å²) in [5.74, 6) is -0.484. The van der Waals surface area contributed by atoms with Crippen molar-refractivity contribution in [3.63, 3.8) is 0 Å². The minimum absolute atomic E-state index is 0.0799. The van der Waals surface area contributed by atoms with Crippen LogP contribution < -0.4 is 16.0 Å². The Labute approximate surface area is 208 Å². The lowest BCUT2D eigenvalue weighted by Gasteiger charge is -2.09. The number of halogens is 2. The molecule has 0 spiro atoms. The highest BCUT2D eigenvalue weighted by Gasteiger charge is 2.16. The molecule has 0 atom stereocenters. The summed E-state index contributed by atoms with van der Waals surface area (Å²) in [6.45, 7) is 1.94. The Kier molecular flexibility index (Phi) is 6.97. The summed E-state index contributed by atoms with van der Waals surface area (Å²) in [6, 6.07) is 16.3. The van der Waals surface area contributed by atoms with Crippen LogP contribution in [0.2, 0.25) is 10.0 Å². The van der Waals surface area contributed by atoms with E-state index in [1.807, 2.05) is 25.1 Å². The fraction of sp³-hybridized carbons (Fsp3) is 0.0435. The van der Waals surface area contributed by atoms with Crippen molar-refractivity contribution in [2.24, 2.45) is 0 Å². The predicted octanol–water partition coefficient (Wildman–Crippen LogP) is 6.42. The summed E-state index contributed by atoms with van der Waals surface area (Å²) < 4.78 is 0. The fourth-order valence-corrected chi connectivity index (χ4v) is 4.28. The number of rotatable bonds is 5. The first-order chi connectivity index (χ1) is 16.3. The quantitative estimate of drug-likeness (QED) is 0.245. The van der Waals surface area contributed by atoms with Gasteiger partial charge in [-0.1, -0.05) is 52.7 Å². The molecule has 8 nitrogen and oxygen atoms in total. The second-order valence-electron chi connectivity index (χ2n) is 7.18. The Bertz CT molecular complexity index is 1390. The van der Waals surface area contributed by atoms with Crippen molar-refractivity contribution >= 4 is 63.0 Å². The first kappa shape index (κ1) is 23.5. The third kappa shape index (κ3) is 5.63. The lowest BCUT2D eigenvalue weighted by molar-refractivity contribution is 0.102. The smallest absolute Gasteiger partial charge is 0.325 e. The molecule has 0 bridgehead atoms. The lowest BCUT2D eigenvalue weighted by atomic mass is 10.1. The van der Waals surface area contributed by atoms with E-state index < -0.39 is 6.03 Å². The van der Waals surface area contributed by atoms with E-state index in [0.29, 0.717) is 32.5 Å². The Hall–Kier alpha value is -3.66. The van der Waals surface area contributed by atoms with Gasteiger partial charge in [0.1, 0.15) is 5.75 Å². The zero-order chi connectivity index (χ0) is 24.2. The molecular formula is C23H17Cl2N5O3S. The lowest BCUT2D eigenvalue weighted by Crippen LogP contribution is -2.20. The molecule has 0 saturated carbocycles. The average molecular weight is 514 g/mol. The zero-order valence-electron chi connectivity index (χ0n) is 17.6. The maximum atomic E-state index is 12.6. The van der Waals surface area contributed by atoms with Crippen molar-refractivity contribution in [3.05, 3.63) is 81.8 Å². The van der Waals surface area contributed by atoms with Crippen molar-refractivity contribution in [1.82, 2.24) is 10.2 Å². The van der Waals surface area contributed by atoms with Crippen LogP contribution in [0.5, 0.6) is 5.75 Å². The van der Waals surface area contributed by atoms with Gasteiger partial charge in [-0.15, -0.1) is 10.2 Å². The van der Waals surface area contributed by atoms with E-state index in [4.69, 9.17) is 23.2 Å². The van der Waals surface area contributed by atoms with Crippen LogP contribution in [0, 0.1) is 6.92 Å². The molecule has 0 aliphatic heterocycles. The molecule has 172 valence electrons. The molecule has 4 aromatic rings. The van der Waals surface area contributed by atoms with E-state index in [-0.39, 0.29) is 21.8 Å². The summed E-state index contributed by atoms with van der Waals surface area (Å²) in [7, 11) is 0. The molecule has 0 radical (unpaired) electrons. The number of carbonyl (C=O) groups excluding carboxylic acids is 2. The third-order valence-corrected chi connectivity index (χ3v) is 5.94. The number of urea groups is 1. The second-order valence-corrected chi connectivity index (χ2v) is 9.00. The van der Waals surface area contributed by atoms with E-state index in [1.54, 1.807) is 30.3 Å². The number of aromatic nitrogens is 2. The molecule has 11 heteroatoms. The molecule has 34 heavy (non-hydrogen) atoms. The molecule has 0 aliphatic carbocycles. The molecule has 1 heterocycles. The maximum absolute atomic E-state index is 12.6. The number of benzene rings is 3. The molecule has 1 aromatic heterocycles. The highest BCUT2D eigenvalue weighted by atomic mass is 35.5. The SMILES string of the molecule is Cc1cccc(NC(=O)c2cccc(NC(=O)Nc3nnc(-c4cc(Cl)cc(Cl)c4O)s3)c2)c1. The molecular weight excluding hydrogens is 497 g/mol. The topological polar surface area (TPSA) is 116 Å². The van der Waals surface area contributed by atoms with E-state index in [1.165, 1.54) is 12.1 Å². The standard InChI is InChI=1S/C23H17Cl2N5O3S/c1-12-4-2-6-15(8-12)26-20(32)13-5-3-7-16(9-13)27-22(33)28-23-30-29-21(34-23)17-10-14(24)11-18(25)19(17)31/h2-11,31H,1H3,(H,26,32)(H2,27,28,30,33). The first-order valence-corrected chi connectivity index (χ1v) is 11.4. The van der Waals surface area contributed by atoms with Crippen molar-refractivity contribution in [1.29, 1.82) is 0 Å². The summed E-state index contributed by atoms with van der Waals surface area (Å²) >= 11 is 13.0. The highest BCUT2D eigenvalue weighted by molar-refractivity contribution is 7.18. The average Bonchev–Trinajstić information content (AvgIpc) is 3.24. The fourth-order valence-electron chi connectivity index (χ4n) is 3.04. The van der Waals surface area contributed by atoms with E-state index >= 15 is 0 Å². The molecule has 0 saturated heterocycles. The van der Waals surface area contributed by atoms with Crippen LogP contribution in [0.15, 0.2) is 60.7 Å². The normalized spacial score (nSPS) is 10.6. The van der Waals surface area contributed by atoms with Gasteiger partial charge in [-0.2, -0.15) is 0 Å². The number of phenols is 1. The number of nitrogens with zero attached hydrogens (tertiary/aromatic N) is 2. The molecule has 0 unspecified atom stereocenters. The van der Waals surface area contributed by atoms with Gasteiger partial charge in [-0.05, 0) is 55.0 Å². The zero-order valence-corrected chi connectivity index (χ0v) is 19.9. The summed E-state index contributed by atoms with van der Waals surface area (Å²) in [6.07, 6.45) is 0. The van der Waals surface area contributed by atoms with E-state index in [9.17, 15) is 14.7 Å². The molecule has 0 aliphatic rings. The molecule has 3 amide bonds. The van der Waals surface area contributed by atoms with Crippen LogP contribution >= 0.6 is 34.5 Å². The monoisotopic (exact) mass is 513 g/mol. The molecule has 4 rings (SSSR count). The van der Waals surface area contributed by atoms with Crippen LogP contribution in [0.25, 0.3) is 10.6 Å². The number of phenolic OH excluding ortho intramolecular Hbond substituents is 1. The van der Waals surface area contributed by atoms with E-state index in [2.05, 4.69) is 26.1 Å². The van der Waals surface area contributed by atoms with Crippen molar-refractivity contribution in [2.45, 2.75) is 6.92 Å². The Morgan fingerprint density at radius 3 is 2.41 bits per heavy atom. The van der Waals surface area contributed by atoms with Crippen molar-refractivity contribution < 1.29 is 14.7 Å². The Morgan fingerprint density at radius 2 is 1.65 bits per heavy atom. The van der Waals surface area contributed by atoms with Crippen molar-refractivity contribution in [3.8, 4) is 16.3 Å². The van der Waals surface area contributed by atoms with Gasteiger partial charge in [-0.3, -0.25) is 10.1 Å². The minimum Gasteiger partial charge on any atom is -0.506 e. The molecule has 3 aromatic carbocycles. The van der Waals surface area contributed by atoms with Crippen LogP contribution in [0.3, 0.4) is 0 Å². The summed E-state index contributed by atoms with van der Waals surface area (Å²) in [4.78, 5) is 25.0. The van der Waals surface area contributed by atoms with Crippen molar-refractivity contribution in [2.75, 3.05) is 16.0 Å². The van der Waals surface area contributed by atoms with Gasteiger partial charge in [0.15, 0.2) is 5.01 Å². The maximum Gasteiger partial charge on any atom is 0.325 e. The Morgan fingerprint density at radius 1 is 0.912 bits per heavy atom. The van der Waals surface area contributed by atoms with E-state index in [0.717, 1.165) is 16.9 Å². The number of nitrogens with one attached hydrogen (secondary N) is 3. The number of anilines is 3. The summed E-state index contributed by atoms with van der Waals surface area (Å²) in [5, 5.41) is 27.0. The van der Waals surface area contributed by atoms with Gasteiger partial charge >= 0.3 is 6.03 Å². The van der Waals surface area contributed by atoms with Crippen LogP contribution in [-0.2, 0) is 0 Å². The van der Waals surface area contributed by atoms with Crippen LogP contribution in [0.4, 0.5) is 21.3 Å². The van der Waals surface area contributed by atoms with Gasteiger partial charge in [0.05, 0.1) is 10.6 Å². The van der Waals surface area contributed by atoms with Crippen LogP contribution in [0.1, 0.15) is 15.9 Å². The predicted molar refractivity (Wildman–Crippen MR) is 135 cm³/mol. The minimum atomic E-state index is -0.577. The number of aromatic hydroxyl groups is 1. The largest absolute Gasteiger partial charge is 0.506 e. The number of carbonyl (C=O) groups is 2. The van der Waals surface area contributed by atoms with Crippen LogP contribution in [-0.4, -0.2) is 27.2 Å².